The van der Waals surface area contributed by atoms with E-state index in [1.165, 1.54) is 33.0 Å². The quantitative estimate of drug-likeness (QED) is 0.483. The van der Waals surface area contributed by atoms with Crippen molar-refractivity contribution < 1.29 is 0 Å². The number of hydrogen-bond donors (Lipinski definition) is 0. The highest BCUT2D eigenvalue weighted by Gasteiger charge is 1.92. The van der Waals surface area contributed by atoms with Gasteiger partial charge < -0.3 is 0 Å². The molecule has 0 aliphatic heterocycles. The van der Waals surface area contributed by atoms with Crippen molar-refractivity contribution in [2.45, 2.75) is 27.7 Å². The molecule has 0 aromatic heterocycles. The molecular formula is C20H22. The van der Waals surface area contributed by atoms with E-state index in [4.69, 9.17) is 0 Å². The van der Waals surface area contributed by atoms with Crippen LogP contribution in [0.5, 0.6) is 0 Å². The summed E-state index contributed by atoms with van der Waals surface area (Å²) in [5, 5.41) is 2.67. The van der Waals surface area contributed by atoms with Gasteiger partial charge in [-0.3, -0.25) is 0 Å². The fourth-order valence-electron chi connectivity index (χ4n) is 2.15. The summed E-state index contributed by atoms with van der Waals surface area (Å²) in [4.78, 5) is 0. The molecule has 20 heavy (non-hydrogen) atoms. The van der Waals surface area contributed by atoms with E-state index < -0.39 is 0 Å². The summed E-state index contributed by atoms with van der Waals surface area (Å²) in [7, 11) is 0. The third kappa shape index (κ3) is 3.71. The Kier molecular flexibility index (Phi) is 4.57. The highest BCUT2D eigenvalue weighted by Crippen LogP contribution is 2.16. The first-order chi connectivity index (χ1) is 9.56. The molecule has 0 amide bonds. The number of benzene rings is 3. The van der Waals surface area contributed by atoms with Gasteiger partial charge in [-0.2, -0.15) is 0 Å². The first-order valence-electron chi connectivity index (χ1n) is 7.05. The lowest BCUT2D eigenvalue weighted by Crippen LogP contribution is -1.76. The highest BCUT2D eigenvalue weighted by atomic mass is 14.0. The Morgan fingerprint density at radius 3 is 1.35 bits per heavy atom. The van der Waals surface area contributed by atoms with Crippen molar-refractivity contribution >= 4 is 10.8 Å². The van der Waals surface area contributed by atoms with Crippen LogP contribution in [0.3, 0.4) is 0 Å². The summed E-state index contributed by atoms with van der Waals surface area (Å²) in [6.07, 6.45) is 0. The molecule has 0 atom stereocenters. The van der Waals surface area contributed by atoms with Crippen molar-refractivity contribution in [3.63, 3.8) is 0 Å². The van der Waals surface area contributed by atoms with Gasteiger partial charge in [-0.25, -0.2) is 0 Å². The van der Waals surface area contributed by atoms with E-state index in [0.717, 1.165) is 0 Å². The minimum Gasteiger partial charge on any atom is -0.0620 e. The fraction of sp³-hybridized carbons (Fsp3) is 0.200. The van der Waals surface area contributed by atoms with E-state index in [2.05, 4.69) is 88.4 Å². The molecule has 0 saturated carbocycles. The summed E-state index contributed by atoms with van der Waals surface area (Å²) in [6.45, 7) is 8.49. The summed E-state index contributed by atoms with van der Waals surface area (Å²) in [5.74, 6) is 0. The van der Waals surface area contributed by atoms with Gasteiger partial charge in [0.25, 0.3) is 0 Å². The molecule has 0 N–H and O–H groups in total. The van der Waals surface area contributed by atoms with Crippen LogP contribution in [0.4, 0.5) is 0 Å². The first-order valence-corrected chi connectivity index (χ1v) is 7.05. The minimum atomic E-state index is 1.33. The van der Waals surface area contributed by atoms with Crippen LogP contribution in [0.25, 0.3) is 10.8 Å². The van der Waals surface area contributed by atoms with Crippen LogP contribution in [-0.2, 0) is 0 Å². The smallest absolute Gasteiger partial charge is 0.0179 e. The molecule has 3 aromatic rings. The lowest BCUT2D eigenvalue weighted by Gasteiger charge is -1.99. The van der Waals surface area contributed by atoms with Crippen molar-refractivity contribution in [1.82, 2.24) is 0 Å². The SMILES string of the molecule is Cc1ccc2ccc(C)cc2c1.Cc1ccccc1C. The van der Waals surface area contributed by atoms with E-state index in [1.807, 2.05) is 0 Å². The van der Waals surface area contributed by atoms with Crippen LogP contribution >= 0.6 is 0 Å². The molecule has 0 radical (unpaired) electrons. The third-order valence-electron chi connectivity index (χ3n) is 3.58. The molecule has 0 nitrogen and oxygen atoms in total. The average Bonchev–Trinajstić information content (AvgIpc) is 2.42. The van der Waals surface area contributed by atoms with Crippen LogP contribution in [0.1, 0.15) is 22.3 Å². The van der Waals surface area contributed by atoms with Crippen LogP contribution in [0.2, 0.25) is 0 Å². The molecule has 0 unspecified atom stereocenters. The molecule has 0 heterocycles. The Morgan fingerprint density at radius 2 is 0.950 bits per heavy atom. The van der Waals surface area contributed by atoms with E-state index in [9.17, 15) is 0 Å². The monoisotopic (exact) mass is 262 g/mol. The predicted molar refractivity (Wildman–Crippen MR) is 89.3 cm³/mol. The van der Waals surface area contributed by atoms with Crippen molar-refractivity contribution in [3.8, 4) is 0 Å². The van der Waals surface area contributed by atoms with Crippen molar-refractivity contribution in [1.29, 1.82) is 0 Å². The molecule has 0 heteroatoms. The molecule has 3 aromatic carbocycles. The maximum atomic E-state index is 2.22. The summed E-state index contributed by atoms with van der Waals surface area (Å²) in [6, 6.07) is 21.4. The van der Waals surface area contributed by atoms with Gasteiger partial charge in [0.15, 0.2) is 0 Å². The Hall–Kier alpha value is -2.08. The normalized spacial score (nSPS) is 10.0. The zero-order valence-corrected chi connectivity index (χ0v) is 12.8. The van der Waals surface area contributed by atoms with E-state index >= 15 is 0 Å². The Balaban J connectivity index is 0.000000160. The van der Waals surface area contributed by atoms with Crippen molar-refractivity contribution in [2.75, 3.05) is 0 Å². The zero-order valence-electron chi connectivity index (χ0n) is 12.8. The zero-order chi connectivity index (χ0) is 14.5. The number of fused-ring (bicyclic) bond motifs is 1. The number of hydrogen-bond acceptors (Lipinski definition) is 0. The number of rotatable bonds is 0. The Morgan fingerprint density at radius 1 is 0.500 bits per heavy atom. The maximum absolute atomic E-state index is 2.22. The molecular weight excluding hydrogens is 240 g/mol. The van der Waals surface area contributed by atoms with Crippen LogP contribution in [0.15, 0.2) is 60.7 Å². The topological polar surface area (TPSA) is 0 Å². The van der Waals surface area contributed by atoms with Crippen molar-refractivity contribution in [2.24, 2.45) is 0 Å². The van der Waals surface area contributed by atoms with Gasteiger partial charge >= 0.3 is 0 Å². The molecule has 0 saturated heterocycles. The summed E-state index contributed by atoms with van der Waals surface area (Å²) >= 11 is 0. The van der Waals surface area contributed by atoms with Gasteiger partial charge in [0.05, 0.1) is 0 Å². The maximum Gasteiger partial charge on any atom is -0.0179 e. The molecule has 0 fully saturated rings. The third-order valence-corrected chi connectivity index (χ3v) is 3.58. The van der Waals surface area contributed by atoms with Gasteiger partial charge in [0.1, 0.15) is 0 Å². The molecule has 102 valence electrons. The van der Waals surface area contributed by atoms with Gasteiger partial charge in [0, 0.05) is 0 Å². The Bertz CT molecular complexity index is 650. The second-order valence-electron chi connectivity index (χ2n) is 5.44. The first kappa shape index (κ1) is 14.3. The lowest BCUT2D eigenvalue weighted by molar-refractivity contribution is 1.34. The summed E-state index contributed by atoms with van der Waals surface area (Å²) in [5.41, 5.74) is 5.39. The van der Waals surface area contributed by atoms with E-state index in [0.29, 0.717) is 0 Å². The fourth-order valence-corrected chi connectivity index (χ4v) is 2.15. The largest absolute Gasteiger partial charge is 0.0620 e. The lowest BCUT2D eigenvalue weighted by atomic mass is 10.1. The molecule has 0 spiro atoms. The van der Waals surface area contributed by atoms with Crippen LogP contribution in [0, 0.1) is 27.7 Å². The van der Waals surface area contributed by atoms with Crippen molar-refractivity contribution in [3.05, 3.63) is 82.9 Å². The average molecular weight is 262 g/mol. The number of aryl methyl sites for hydroxylation is 4. The summed E-state index contributed by atoms with van der Waals surface area (Å²) < 4.78 is 0. The standard InChI is InChI=1S/C12H12.C8H10/c1-9-3-5-11-6-4-10(2)8-12(11)7-9;1-7-5-3-4-6-8(7)2/h3-8H,1-2H3;3-6H,1-2H3. The minimum absolute atomic E-state index is 1.33. The molecule has 0 aliphatic carbocycles. The van der Waals surface area contributed by atoms with Gasteiger partial charge in [0.2, 0.25) is 0 Å². The van der Waals surface area contributed by atoms with E-state index in [1.54, 1.807) is 0 Å². The highest BCUT2D eigenvalue weighted by molar-refractivity contribution is 5.83. The second-order valence-corrected chi connectivity index (χ2v) is 5.44. The van der Waals surface area contributed by atoms with Crippen LogP contribution < -0.4 is 0 Å². The van der Waals surface area contributed by atoms with Gasteiger partial charge in [-0.05, 0) is 49.6 Å². The molecule has 0 aliphatic rings. The predicted octanol–water partition coefficient (Wildman–Crippen LogP) is 5.76. The van der Waals surface area contributed by atoms with E-state index in [-0.39, 0.29) is 0 Å². The molecule has 0 bridgehead atoms. The van der Waals surface area contributed by atoms with Gasteiger partial charge in [-0.15, -0.1) is 0 Å². The molecule has 3 rings (SSSR count). The van der Waals surface area contributed by atoms with Gasteiger partial charge in [-0.1, -0.05) is 71.8 Å². The van der Waals surface area contributed by atoms with Crippen LogP contribution in [-0.4, -0.2) is 0 Å². The second kappa shape index (κ2) is 6.38. The Labute approximate surface area is 122 Å².